The molecule has 2 aromatic rings. The quantitative estimate of drug-likeness (QED) is 0.937. The number of nitrogens with zero attached hydrogens (tertiary/aromatic N) is 1. The number of halogens is 1. The van der Waals surface area contributed by atoms with Crippen molar-refractivity contribution in [2.75, 3.05) is 39.3 Å². The molecule has 1 heterocycles. The van der Waals surface area contributed by atoms with Crippen molar-refractivity contribution >= 4 is 22.4 Å². The molecule has 0 bridgehead atoms. The zero-order valence-electron chi connectivity index (χ0n) is 11.4. The molecule has 0 amide bonds. The number of benzene rings is 2. The molecule has 0 aliphatic carbocycles. The van der Waals surface area contributed by atoms with Gasteiger partial charge in [-0.15, -0.1) is 0 Å². The van der Waals surface area contributed by atoms with Crippen molar-refractivity contribution in [3.8, 4) is 5.75 Å². The number of rotatable bonds is 4. The minimum Gasteiger partial charge on any atom is -0.492 e. The standard InChI is InChI=1S/C16H19ClN2O/c17-15-5-6-16(14-4-2-1-3-13(14)15)20-12-11-19-9-7-18-8-10-19/h1-6,18H,7-12H2. The predicted molar refractivity (Wildman–Crippen MR) is 83.8 cm³/mol. The van der Waals surface area contributed by atoms with Crippen LogP contribution in [0.4, 0.5) is 0 Å². The third-order valence-electron chi connectivity index (χ3n) is 3.71. The minimum absolute atomic E-state index is 0.714. The van der Waals surface area contributed by atoms with E-state index in [2.05, 4.69) is 16.3 Å². The van der Waals surface area contributed by atoms with E-state index in [1.54, 1.807) is 0 Å². The van der Waals surface area contributed by atoms with E-state index in [-0.39, 0.29) is 0 Å². The summed E-state index contributed by atoms with van der Waals surface area (Å²) in [6.07, 6.45) is 0. The third kappa shape index (κ3) is 3.06. The second-order valence-electron chi connectivity index (χ2n) is 5.03. The van der Waals surface area contributed by atoms with Gasteiger partial charge < -0.3 is 10.1 Å². The van der Waals surface area contributed by atoms with Gasteiger partial charge in [0, 0.05) is 48.5 Å². The Morgan fingerprint density at radius 2 is 1.80 bits per heavy atom. The van der Waals surface area contributed by atoms with Crippen molar-refractivity contribution in [1.29, 1.82) is 0 Å². The van der Waals surface area contributed by atoms with Gasteiger partial charge in [0.15, 0.2) is 0 Å². The van der Waals surface area contributed by atoms with Gasteiger partial charge in [-0.2, -0.15) is 0 Å². The average Bonchev–Trinajstić information content (AvgIpc) is 2.51. The summed E-state index contributed by atoms with van der Waals surface area (Å²) in [6.45, 7) is 6.04. The fourth-order valence-corrected chi connectivity index (χ4v) is 2.81. The Kier molecular flexibility index (Phi) is 4.41. The summed E-state index contributed by atoms with van der Waals surface area (Å²) in [6, 6.07) is 12.0. The SMILES string of the molecule is Clc1ccc(OCCN2CCNCC2)c2ccccc12. The lowest BCUT2D eigenvalue weighted by Gasteiger charge is -2.27. The first-order chi connectivity index (χ1) is 9.84. The average molecular weight is 291 g/mol. The molecule has 20 heavy (non-hydrogen) atoms. The van der Waals surface area contributed by atoms with Crippen LogP contribution in [0.2, 0.25) is 5.02 Å². The summed E-state index contributed by atoms with van der Waals surface area (Å²) in [5.41, 5.74) is 0. The molecule has 0 spiro atoms. The minimum atomic E-state index is 0.714. The molecule has 1 N–H and O–H groups in total. The van der Waals surface area contributed by atoms with Gasteiger partial charge in [0.1, 0.15) is 12.4 Å². The highest BCUT2D eigenvalue weighted by Gasteiger charge is 2.10. The van der Waals surface area contributed by atoms with Gasteiger partial charge in [0.25, 0.3) is 0 Å². The van der Waals surface area contributed by atoms with Crippen LogP contribution in [0.15, 0.2) is 36.4 Å². The Labute approximate surface area is 124 Å². The first-order valence-corrected chi connectivity index (χ1v) is 7.45. The smallest absolute Gasteiger partial charge is 0.127 e. The second kappa shape index (κ2) is 6.44. The molecule has 1 aliphatic heterocycles. The van der Waals surface area contributed by atoms with E-state index in [9.17, 15) is 0 Å². The Bertz CT molecular complexity index is 582. The van der Waals surface area contributed by atoms with Gasteiger partial charge in [-0.3, -0.25) is 4.90 Å². The molecule has 106 valence electrons. The zero-order chi connectivity index (χ0) is 13.8. The fourth-order valence-electron chi connectivity index (χ4n) is 2.58. The molecular weight excluding hydrogens is 272 g/mol. The Hall–Kier alpha value is -1.29. The maximum atomic E-state index is 6.21. The van der Waals surface area contributed by atoms with E-state index in [0.717, 1.165) is 54.3 Å². The maximum Gasteiger partial charge on any atom is 0.127 e. The third-order valence-corrected chi connectivity index (χ3v) is 4.04. The fraction of sp³-hybridized carbons (Fsp3) is 0.375. The van der Waals surface area contributed by atoms with Crippen molar-refractivity contribution in [3.63, 3.8) is 0 Å². The van der Waals surface area contributed by atoms with Crippen molar-refractivity contribution < 1.29 is 4.74 Å². The van der Waals surface area contributed by atoms with E-state index in [4.69, 9.17) is 16.3 Å². The van der Waals surface area contributed by atoms with Crippen LogP contribution < -0.4 is 10.1 Å². The molecule has 4 heteroatoms. The molecule has 1 aliphatic rings. The molecule has 0 radical (unpaired) electrons. The van der Waals surface area contributed by atoms with Gasteiger partial charge in [-0.1, -0.05) is 35.9 Å². The first-order valence-electron chi connectivity index (χ1n) is 7.08. The molecule has 0 unspecified atom stereocenters. The van der Waals surface area contributed by atoms with E-state index in [1.807, 2.05) is 30.3 Å². The van der Waals surface area contributed by atoms with Crippen molar-refractivity contribution in [1.82, 2.24) is 10.2 Å². The van der Waals surface area contributed by atoms with Crippen molar-refractivity contribution in [2.24, 2.45) is 0 Å². The summed E-state index contributed by atoms with van der Waals surface area (Å²) in [4.78, 5) is 2.43. The van der Waals surface area contributed by atoms with Gasteiger partial charge in [-0.05, 0) is 12.1 Å². The number of hydrogen-bond acceptors (Lipinski definition) is 3. The number of nitrogens with one attached hydrogen (secondary N) is 1. The van der Waals surface area contributed by atoms with Crippen LogP contribution in [0.5, 0.6) is 5.75 Å². The van der Waals surface area contributed by atoms with Gasteiger partial charge in [0.05, 0.1) is 0 Å². The molecule has 1 saturated heterocycles. The topological polar surface area (TPSA) is 24.5 Å². The molecule has 3 rings (SSSR count). The van der Waals surface area contributed by atoms with Gasteiger partial charge in [-0.25, -0.2) is 0 Å². The van der Waals surface area contributed by atoms with Crippen molar-refractivity contribution in [3.05, 3.63) is 41.4 Å². The molecular formula is C16H19ClN2O. The molecule has 0 saturated carbocycles. The number of fused-ring (bicyclic) bond motifs is 1. The summed E-state index contributed by atoms with van der Waals surface area (Å²) in [5, 5.41) is 6.26. The van der Waals surface area contributed by atoms with Crippen molar-refractivity contribution in [2.45, 2.75) is 0 Å². The largest absolute Gasteiger partial charge is 0.492 e. The first kappa shape index (κ1) is 13.7. The van der Waals surface area contributed by atoms with E-state index >= 15 is 0 Å². The van der Waals surface area contributed by atoms with Gasteiger partial charge in [0.2, 0.25) is 0 Å². The molecule has 0 atom stereocenters. The van der Waals surface area contributed by atoms with Crippen LogP contribution in [0, 0.1) is 0 Å². The van der Waals surface area contributed by atoms with Crippen LogP contribution in [0.1, 0.15) is 0 Å². The lowest BCUT2D eigenvalue weighted by molar-refractivity contribution is 0.192. The van der Waals surface area contributed by atoms with Crippen LogP contribution in [-0.2, 0) is 0 Å². The highest BCUT2D eigenvalue weighted by Crippen LogP contribution is 2.31. The Morgan fingerprint density at radius 3 is 2.60 bits per heavy atom. The number of hydrogen-bond donors (Lipinski definition) is 1. The van der Waals surface area contributed by atoms with Gasteiger partial charge >= 0.3 is 0 Å². The normalized spacial score (nSPS) is 16.4. The lowest BCUT2D eigenvalue weighted by atomic mass is 10.1. The van der Waals surface area contributed by atoms with Crippen LogP contribution >= 0.6 is 11.6 Å². The number of ether oxygens (including phenoxy) is 1. The molecule has 2 aromatic carbocycles. The van der Waals surface area contributed by atoms with E-state index in [0.29, 0.717) is 6.61 Å². The van der Waals surface area contributed by atoms with Crippen LogP contribution in [-0.4, -0.2) is 44.2 Å². The Balaban J connectivity index is 1.67. The van der Waals surface area contributed by atoms with E-state index in [1.165, 1.54) is 0 Å². The summed E-state index contributed by atoms with van der Waals surface area (Å²) in [7, 11) is 0. The maximum absolute atomic E-state index is 6.21. The van der Waals surface area contributed by atoms with Crippen LogP contribution in [0.3, 0.4) is 0 Å². The highest BCUT2D eigenvalue weighted by molar-refractivity contribution is 6.35. The second-order valence-corrected chi connectivity index (χ2v) is 5.44. The highest BCUT2D eigenvalue weighted by atomic mass is 35.5. The summed E-state index contributed by atoms with van der Waals surface area (Å²) < 4.78 is 5.96. The van der Waals surface area contributed by atoms with Crippen LogP contribution in [0.25, 0.3) is 10.8 Å². The summed E-state index contributed by atoms with van der Waals surface area (Å²) in [5.74, 6) is 0.917. The zero-order valence-corrected chi connectivity index (χ0v) is 12.2. The molecule has 1 fully saturated rings. The summed E-state index contributed by atoms with van der Waals surface area (Å²) >= 11 is 6.21. The molecule has 3 nitrogen and oxygen atoms in total. The lowest BCUT2D eigenvalue weighted by Crippen LogP contribution is -2.44. The number of piperazine rings is 1. The Morgan fingerprint density at radius 1 is 1.05 bits per heavy atom. The predicted octanol–water partition coefficient (Wildman–Crippen LogP) is 2.78. The monoisotopic (exact) mass is 290 g/mol. The van der Waals surface area contributed by atoms with E-state index < -0.39 is 0 Å². The molecule has 0 aromatic heterocycles.